The molecule has 1 unspecified atom stereocenters. The molecule has 1 aromatic carbocycles. The molecule has 1 atom stereocenters. The minimum absolute atomic E-state index is 0.287. The zero-order chi connectivity index (χ0) is 22.2. The van der Waals surface area contributed by atoms with Gasteiger partial charge in [0.2, 0.25) is 0 Å². The summed E-state index contributed by atoms with van der Waals surface area (Å²) >= 11 is 0. The van der Waals surface area contributed by atoms with Gasteiger partial charge >= 0.3 is 29.6 Å². The van der Waals surface area contributed by atoms with Gasteiger partial charge in [-0.05, 0) is 19.4 Å². The van der Waals surface area contributed by atoms with E-state index in [9.17, 15) is 53.4 Å². The number of rotatable bonds is 3. The van der Waals surface area contributed by atoms with Crippen LogP contribution in [0.25, 0.3) is 0 Å². The fourth-order valence-electron chi connectivity index (χ4n) is 3.06. The van der Waals surface area contributed by atoms with Crippen molar-refractivity contribution in [3.8, 4) is 0 Å². The number of aryl methyl sites for hydroxylation is 1. The van der Waals surface area contributed by atoms with Crippen molar-refractivity contribution in [2.24, 2.45) is 0 Å². The van der Waals surface area contributed by atoms with Crippen LogP contribution in [0.1, 0.15) is 24.5 Å². The zero-order valence-electron chi connectivity index (χ0n) is 14.1. The van der Waals surface area contributed by atoms with Crippen LogP contribution in [0.15, 0.2) is 24.3 Å². The van der Waals surface area contributed by atoms with Gasteiger partial charge in [0.25, 0.3) is 5.67 Å². The zero-order valence-corrected chi connectivity index (χ0v) is 14.1. The van der Waals surface area contributed by atoms with Crippen LogP contribution < -0.4 is 0 Å². The Labute approximate surface area is 151 Å². The topological polar surface area (TPSA) is 20.2 Å². The Hall–Kier alpha value is -1.59. The average Bonchev–Trinajstić information content (AvgIpc) is 2.52. The van der Waals surface area contributed by atoms with Crippen LogP contribution >= 0.6 is 0 Å². The molecule has 1 aliphatic rings. The van der Waals surface area contributed by atoms with E-state index in [2.05, 4.69) is 0 Å². The minimum Gasteiger partial charge on any atom is -0.385 e. The fraction of sp³-hybridized carbons (Fsp3) is 0.625. The van der Waals surface area contributed by atoms with E-state index in [1.165, 1.54) is 13.0 Å². The van der Waals surface area contributed by atoms with Gasteiger partial charge in [-0.1, -0.05) is 29.8 Å². The SMILES string of the molecule is Cc1cccc(C(C)(O)CC2(F)C(F)(F)C(F)(F)C(F)(F)C(F)(F)C2(F)F)c1. The van der Waals surface area contributed by atoms with Gasteiger partial charge in [-0.2, -0.15) is 43.9 Å². The molecule has 1 nitrogen and oxygen atoms in total. The summed E-state index contributed by atoms with van der Waals surface area (Å²) in [6, 6.07) is 4.39. The van der Waals surface area contributed by atoms with E-state index in [4.69, 9.17) is 0 Å². The Morgan fingerprint density at radius 1 is 0.750 bits per heavy atom. The maximum absolute atomic E-state index is 14.8. The molecular formula is C16H13F11O. The third-order valence-corrected chi connectivity index (χ3v) is 4.80. The summed E-state index contributed by atoms with van der Waals surface area (Å²) in [5.74, 6) is -35.5. The van der Waals surface area contributed by atoms with Crippen molar-refractivity contribution < 1.29 is 53.4 Å². The van der Waals surface area contributed by atoms with Gasteiger partial charge in [0.1, 0.15) is 0 Å². The third kappa shape index (κ3) is 2.42. The van der Waals surface area contributed by atoms with Crippen LogP contribution in [-0.4, -0.2) is 40.4 Å². The molecule has 160 valence electrons. The molecule has 1 aromatic rings. The second-order valence-electron chi connectivity index (χ2n) is 6.99. The third-order valence-electron chi connectivity index (χ3n) is 4.80. The predicted molar refractivity (Wildman–Crippen MR) is 73.9 cm³/mol. The van der Waals surface area contributed by atoms with Crippen molar-refractivity contribution in [3.63, 3.8) is 0 Å². The predicted octanol–water partition coefficient (Wildman–Crippen LogP) is 5.49. The van der Waals surface area contributed by atoms with Crippen LogP contribution in [0, 0.1) is 6.92 Å². The first-order chi connectivity index (χ1) is 12.2. The van der Waals surface area contributed by atoms with Crippen LogP contribution in [0.3, 0.4) is 0 Å². The molecule has 0 heterocycles. The highest BCUT2D eigenvalue weighted by Crippen LogP contribution is 2.71. The van der Waals surface area contributed by atoms with Crippen LogP contribution in [0.2, 0.25) is 0 Å². The number of alkyl halides is 11. The van der Waals surface area contributed by atoms with Gasteiger partial charge in [0, 0.05) is 6.42 Å². The maximum Gasteiger partial charge on any atom is 0.384 e. The monoisotopic (exact) mass is 430 g/mol. The highest BCUT2D eigenvalue weighted by atomic mass is 19.4. The van der Waals surface area contributed by atoms with E-state index in [0.717, 1.165) is 18.2 Å². The average molecular weight is 430 g/mol. The van der Waals surface area contributed by atoms with E-state index in [1.54, 1.807) is 0 Å². The minimum atomic E-state index is -7.27. The molecule has 0 amide bonds. The first-order valence-electron chi connectivity index (χ1n) is 7.58. The van der Waals surface area contributed by atoms with Crippen molar-refractivity contribution in [1.29, 1.82) is 0 Å². The first-order valence-corrected chi connectivity index (χ1v) is 7.58. The quantitative estimate of drug-likeness (QED) is 0.629. The molecule has 0 radical (unpaired) electrons. The smallest absolute Gasteiger partial charge is 0.384 e. The summed E-state index contributed by atoms with van der Waals surface area (Å²) < 4.78 is 151. The second kappa shape index (κ2) is 5.73. The van der Waals surface area contributed by atoms with Gasteiger partial charge in [-0.25, -0.2) is 4.39 Å². The second-order valence-corrected chi connectivity index (χ2v) is 6.99. The molecule has 1 fully saturated rings. The van der Waals surface area contributed by atoms with Crippen molar-refractivity contribution >= 4 is 0 Å². The van der Waals surface area contributed by atoms with E-state index < -0.39 is 52.9 Å². The Bertz CT molecular complexity index is 740. The van der Waals surface area contributed by atoms with E-state index in [0.29, 0.717) is 6.92 Å². The van der Waals surface area contributed by atoms with Crippen molar-refractivity contribution in [2.45, 2.75) is 61.2 Å². The number of benzene rings is 1. The Balaban J connectivity index is 2.72. The summed E-state index contributed by atoms with van der Waals surface area (Å²) in [6.07, 6.45) is -2.72. The lowest BCUT2D eigenvalue weighted by Gasteiger charge is -2.53. The summed E-state index contributed by atoms with van der Waals surface area (Å²) in [4.78, 5) is 0. The van der Waals surface area contributed by atoms with Crippen LogP contribution in [-0.2, 0) is 5.60 Å². The van der Waals surface area contributed by atoms with E-state index >= 15 is 0 Å². The molecule has 0 saturated heterocycles. The molecule has 1 saturated carbocycles. The summed E-state index contributed by atoms with van der Waals surface area (Å²) in [5, 5.41) is 10.2. The lowest BCUT2D eigenvalue weighted by Crippen LogP contribution is -2.84. The van der Waals surface area contributed by atoms with Gasteiger partial charge in [-0.3, -0.25) is 0 Å². The molecule has 1 aliphatic carbocycles. The van der Waals surface area contributed by atoms with Gasteiger partial charge in [0.05, 0.1) is 5.60 Å². The fourth-order valence-corrected chi connectivity index (χ4v) is 3.06. The van der Waals surface area contributed by atoms with Gasteiger partial charge in [-0.15, -0.1) is 0 Å². The number of aliphatic hydroxyl groups is 1. The summed E-state index contributed by atoms with van der Waals surface area (Å²) in [6.45, 7) is 1.80. The Morgan fingerprint density at radius 3 is 1.54 bits per heavy atom. The highest BCUT2D eigenvalue weighted by Gasteiger charge is 3.01. The summed E-state index contributed by atoms with van der Waals surface area (Å²) in [5.41, 5.74) is -9.61. The van der Waals surface area contributed by atoms with Crippen molar-refractivity contribution in [2.75, 3.05) is 0 Å². The molecule has 0 bridgehead atoms. The van der Waals surface area contributed by atoms with Crippen molar-refractivity contribution in [3.05, 3.63) is 35.4 Å². The molecular weight excluding hydrogens is 417 g/mol. The van der Waals surface area contributed by atoms with Crippen LogP contribution in [0.5, 0.6) is 0 Å². The standard InChI is InChI=1S/C16H13F11O/c1-8-4-3-5-9(6-8)10(2,28)7-11(17)12(18,19)14(22,23)16(26,27)15(24,25)13(11,20)21/h3-6,28H,7H2,1-2H3. The summed E-state index contributed by atoms with van der Waals surface area (Å²) in [7, 11) is 0. The Morgan fingerprint density at radius 2 is 1.14 bits per heavy atom. The number of halogens is 11. The Kier molecular flexibility index (Phi) is 4.64. The lowest BCUT2D eigenvalue weighted by molar-refractivity contribution is -0.488. The molecule has 0 aliphatic heterocycles. The molecule has 2 rings (SSSR count). The number of hydrogen-bond donors (Lipinski definition) is 1. The molecule has 0 spiro atoms. The van der Waals surface area contributed by atoms with Gasteiger partial charge in [0.15, 0.2) is 0 Å². The first kappa shape index (κ1) is 22.7. The van der Waals surface area contributed by atoms with Crippen molar-refractivity contribution in [1.82, 2.24) is 0 Å². The highest BCUT2D eigenvalue weighted by molar-refractivity contribution is 5.31. The van der Waals surface area contributed by atoms with E-state index in [1.807, 2.05) is 0 Å². The molecule has 28 heavy (non-hydrogen) atoms. The normalized spacial score (nSPS) is 28.4. The largest absolute Gasteiger partial charge is 0.385 e. The van der Waals surface area contributed by atoms with Gasteiger partial charge < -0.3 is 5.11 Å². The molecule has 12 heteroatoms. The molecule has 0 aromatic heterocycles. The molecule has 1 N–H and O–H groups in total. The number of hydrogen-bond acceptors (Lipinski definition) is 1. The van der Waals surface area contributed by atoms with E-state index in [-0.39, 0.29) is 5.56 Å². The lowest BCUT2D eigenvalue weighted by atomic mass is 9.67. The maximum atomic E-state index is 14.8. The van der Waals surface area contributed by atoms with Crippen LogP contribution in [0.4, 0.5) is 48.3 Å².